The van der Waals surface area contributed by atoms with E-state index in [1.165, 1.54) is 16.7 Å². The number of thioether (sulfide) groups is 1. The van der Waals surface area contributed by atoms with Crippen LogP contribution in [0.3, 0.4) is 0 Å². The molecule has 3 heterocycles. The van der Waals surface area contributed by atoms with Crippen molar-refractivity contribution in [2.75, 3.05) is 20.6 Å². The molecule has 2 saturated heterocycles. The number of fused-ring (bicyclic) bond motifs is 1. The number of nitrogens with one attached hydrogen (secondary N) is 1. The van der Waals surface area contributed by atoms with Crippen molar-refractivity contribution in [1.82, 2.24) is 10.2 Å². The molecule has 4 aliphatic rings. The van der Waals surface area contributed by atoms with Gasteiger partial charge in [-0.05, 0) is 19.8 Å². The second kappa shape index (κ2) is 6.99. The van der Waals surface area contributed by atoms with Crippen LogP contribution in [0.25, 0.3) is 0 Å². The summed E-state index contributed by atoms with van der Waals surface area (Å²) >= 11 is 1.51. The Labute approximate surface area is 174 Å². The monoisotopic (exact) mass is 424 g/mol. The predicted molar refractivity (Wildman–Crippen MR) is 108 cm³/mol. The number of likely N-dealkylation sites (N-methyl/N-ethyl adjacent to an activating group) is 1. The number of aliphatic hydroxyl groups excluding tert-OH is 1. The van der Waals surface area contributed by atoms with Gasteiger partial charge in [-0.2, -0.15) is 0 Å². The topological polar surface area (TPSA) is 107 Å². The van der Waals surface area contributed by atoms with Crippen LogP contribution in [-0.2, 0) is 14.4 Å². The van der Waals surface area contributed by atoms with Crippen LogP contribution in [-0.4, -0.2) is 87.5 Å². The molecule has 0 spiro atoms. The second-order valence-corrected chi connectivity index (χ2v) is 10.8. The average Bonchev–Trinajstić information content (AvgIpc) is 3.30. The molecule has 2 amide bonds. The zero-order valence-corrected chi connectivity index (χ0v) is 18.1. The number of quaternary nitrogens is 1. The minimum Gasteiger partial charge on any atom is -0.477 e. The molecule has 9 heteroatoms. The largest absolute Gasteiger partial charge is 0.477 e. The van der Waals surface area contributed by atoms with Crippen LogP contribution in [0.5, 0.6) is 0 Å². The quantitative estimate of drug-likeness (QED) is 0.420. The fraction of sp³-hybridized carbons (Fsp3) is 0.750. The van der Waals surface area contributed by atoms with Crippen LogP contribution >= 0.6 is 11.8 Å². The minimum atomic E-state index is -1.10. The minimum absolute atomic E-state index is 0.0607. The van der Waals surface area contributed by atoms with Gasteiger partial charge in [0.05, 0.1) is 44.0 Å². The maximum Gasteiger partial charge on any atom is 0.353 e. The van der Waals surface area contributed by atoms with Crippen LogP contribution in [0.4, 0.5) is 0 Å². The molecule has 0 aromatic heterocycles. The number of hydrogen-bond acceptors (Lipinski definition) is 5. The molecule has 0 aromatic rings. The Morgan fingerprint density at radius 1 is 1.31 bits per heavy atom. The van der Waals surface area contributed by atoms with Crippen molar-refractivity contribution in [3.8, 4) is 0 Å². The number of β-lactam (4-membered cyclic amide) rings is 1. The summed E-state index contributed by atoms with van der Waals surface area (Å²) in [6.07, 6.45) is 1.97. The highest BCUT2D eigenvalue weighted by Gasteiger charge is 2.60. The molecule has 1 saturated carbocycles. The molecule has 4 rings (SSSR count). The number of nitrogens with zero attached hydrogens (tertiary/aromatic N) is 2. The van der Waals surface area contributed by atoms with Crippen LogP contribution in [0.2, 0.25) is 0 Å². The molecule has 3 aliphatic heterocycles. The molecule has 8 nitrogen and oxygen atoms in total. The van der Waals surface area contributed by atoms with Crippen molar-refractivity contribution in [1.29, 1.82) is 0 Å². The SMILES string of the molecule is CC(O)C1C(=O)N2C(C(=O)O)=C(SC3CC(C(=O)NC4CC4)[N+](C)(C)C3)C(C)[C@H]12. The van der Waals surface area contributed by atoms with E-state index in [0.29, 0.717) is 21.9 Å². The third-order valence-corrected chi connectivity index (χ3v) is 8.33. The van der Waals surface area contributed by atoms with E-state index in [0.717, 1.165) is 19.4 Å². The standard InChI is InChI=1S/C20H29N3O5S/c1-9-15-14(10(2)24)19(26)22(15)16(20(27)28)17(9)29-12-7-13(23(3,4)8-12)18(25)21-11-5-6-11/h9-15,24H,5-8H2,1-4H3,(H-,21,25,27,28)/p+1/t9?,10?,12?,13?,14?,15-/m1/s1. The number of likely N-dealkylation sites (tertiary alicyclic amines) is 1. The van der Waals surface area contributed by atoms with Gasteiger partial charge in [0, 0.05) is 23.3 Å². The number of amides is 2. The number of aliphatic carboxylic acids is 1. The van der Waals surface area contributed by atoms with Gasteiger partial charge in [0.2, 0.25) is 5.91 Å². The van der Waals surface area contributed by atoms with Gasteiger partial charge in [0.15, 0.2) is 6.04 Å². The second-order valence-electron chi connectivity index (χ2n) is 9.51. The normalized spacial score (nSPS) is 36.7. The molecule has 0 radical (unpaired) electrons. The van der Waals surface area contributed by atoms with Gasteiger partial charge in [0.1, 0.15) is 5.70 Å². The molecule has 1 aliphatic carbocycles. The van der Waals surface area contributed by atoms with Gasteiger partial charge in [0.25, 0.3) is 5.91 Å². The van der Waals surface area contributed by atoms with E-state index < -0.39 is 18.0 Å². The summed E-state index contributed by atoms with van der Waals surface area (Å²) in [5, 5.41) is 23.0. The zero-order valence-electron chi connectivity index (χ0n) is 17.3. The van der Waals surface area contributed by atoms with Crippen molar-refractivity contribution in [2.24, 2.45) is 11.8 Å². The molecule has 0 aromatic carbocycles. The van der Waals surface area contributed by atoms with Gasteiger partial charge >= 0.3 is 5.97 Å². The third-order valence-electron chi connectivity index (χ3n) is 6.84. The Balaban J connectivity index is 1.53. The number of carbonyl (C=O) groups excluding carboxylic acids is 2. The van der Waals surface area contributed by atoms with Crippen molar-refractivity contribution in [3.05, 3.63) is 10.6 Å². The highest BCUT2D eigenvalue weighted by Crippen LogP contribution is 2.52. The number of aliphatic hydroxyl groups is 1. The fourth-order valence-corrected chi connectivity index (χ4v) is 6.90. The van der Waals surface area contributed by atoms with Crippen LogP contribution in [0.15, 0.2) is 10.6 Å². The molecular formula is C20H30N3O5S+. The smallest absolute Gasteiger partial charge is 0.353 e. The van der Waals surface area contributed by atoms with Crippen molar-refractivity contribution >= 4 is 29.5 Å². The van der Waals surface area contributed by atoms with E-state index in [4.69, 9.17) is 0 Å². The van der Waals surface area contributed by atoms with Crippen LogP contribution in [0.1, 0.15) is 33.1 Å². The lowest BCUT2D eigenvalue weighted by Crippen LogP contribution is -2.63. The molecule has 6 atom stereocenters. The highest BCUT2D eigenvalue weighted by atomic mass is 32.2. The van der Waals surface area contributed by atoms with Gasteiger partial charge in [-0.15, -0.1) is 11.8 Å². The number of carboxylic acid groups (broad SMARTS) is 1. The Morgan fingerprint density at radius 2 is 1.97 bits per heavy atom. The van der Waals surface area contributed by atoms with Crippen molar-refractivity contribution in [3.63, 3.8) is 0 Å². The van der Waals surface area contributed by atoms with E-state index in [2.05, 4.69) is 5.32 Å². The van der Waals surface area contributed by atoms with Gasteiger partial charge < -0.3 is 24.9 Å². The predicted octanol–water partition coefficient (Wildman–Crippen LogP) is 0.369. The maximum absolute atomic E-state index is 12.7. The number of carboxylic acids is 1. The van der Waals surface area contributed by atoms with Gasteiger partial charge in [-0.25, -0.2) is 4.79 Å². The summed E-state index contributed by atoms with van der Waals surface area (Å²) in [6, 6.07) is -0.131. The number of carbonyl (C=O) groups is 3. The molecular weight excluding hydrogens is 394 g/mol. The summed E-state index contributed by atoms with van der Waals surface area (Å²) in [5.74, 6) is -2.02. The summed E-state index contributed by atoms with van der Waals surface area (Å²) in [6.45, 7) is 4.28. The Kier molecular flexibility index (Phi) is 4.99. The number of hydrogen-bond donors (Lipinski definition) is 3. The highest BCUT2D eigenvalue weighted by molar-refractivity contribution is 8.03. The Hall–Kier alpha value is -1.58. The molecule has 29 heavy (non-hydrogen) atoms. The van der Waals surface area contributed by atoms with Crippen LogP contribution in [0, 0.1) is 11.8 Å². The first kappa shape index (κ1) is 20.7. The van der Waals surface area contributed by atoms with E-state index in [1.807, 2.05) is 21.0 Å². The summed E-state index contributed by atoms with van der Waals surface area (Å²) in [7, 11) is 4.09. The molecule has 3 fully saturated rings. The maximum atomic E-state index is 12.7. The van der Waals surface area contributed by atoms with Crippen LogP contribution < -0.4 is 5.32 Å². The summed E-state index contributed by atoms with van der Waals surface area (Å²) in [5.41, 5.74) is 0.0607. The lowest BCUT2D eigenvalue weighted by molar-refractivity contribution is -0.892. The molecule has 160 valence electrons. The van der Waals surface area contributed by atoms with Crippen molar-refractivity contribution < 1.29 is 29.1 Å². The van der Waals surface area contributed by atoms with Crippen molar-refractivity contribution in [2.45, 2.75) is 62.6 Å². The van der Waals surface area contributed by atoms with E-state index in [9.17, 15) is 24.6 Å². The summed E-state index contributed by atoms with van der Waals surface area (Å²) < 4.78 is 0.572. The first-order valence-corrected chi connectivity index (χ1v) is 11.2. The lowest BCUT2D eigenvalue weighted by atomic mass is 9.79. The molecule has 0 bridgehead atoms. The Bertz CT molecular complexity index is 791. The first-order chi connectivity index (χ1) is 13.5. The summed E-state index contributed by atoms with van der Waals surface area (Å²) in [4.78, 5) is 39.2. The molecule has 3 N–H and O–H groups in total. The zero-order chi connectivity index (χ0) is 21.2. The Morgan fingerprint density at radius 3 is 2.52 bits per heavy atom. The first-order valence-electron chi connectivity index (χ1n) is 10.3. The van der Waals surface area contributed by atoms with E-state index in [-0.39, 0.29) is 40.8 Å². The average molecular weight is 425 g/mol. The van der Waals surface area contributed by atoms with E-state index in [1.54, 1.807) is 6.92 Å². The third kappa shape index (κ3) is 3.37. The molecule has 5 unspecified atom stereocenters. The lowest BCUT2D eigenvalue weighted by Gasteiger charge is -2.46. The van der Waals surface area contributed by atoms with E-state index >= 15 is 0 Å². The number of rotatable bonds is 6. The fourth-order valence-electron chi connectivity index (χ4n) is 5.15. The van der Waals surface area contributed by atoms with Gasteiger partial charge in [-0.3, -0.25) is 9.59 Å². The van der Waals surface area contributed by atoms with Gasteiger partial charge in [-0.1, -0.05) is 6.92 Å².